The first-order valence-electron chi connectivity index (χ1n) is 7.57. The Morgan fingerprint density at radius 3 is 2.67 bits per heavy atom. The number of nitrogens with zero attached hydrogens (tertiary/aromatic N) is 5. The van der Waals surface area contributed by atoms with E-state index in [1.165, 1.54) is 0 Å². The molecule has 2 aromatic heterocycles. The minimum absolute atomic E-state index is 0.0122. The molecular weight excluding hydrogens is 330 g/mol. The molecule has 0 fully saturated rings. The Balaban J connectivity index is 2.02. The van der Waals surface area contributed by atoms with Gasteiger partial charge in [0.2, 0.25) is 11.6 Å². The van der Waals surface area contributed by atoms with E-state index in [1.807, 2.05) is 30.9 Å². The number of benzene rings is 1. The number of hydrogen-bond donors (Lipinski definition) is 3. The number of aromatic nitrogens is 5. The Kier molecular flexibility index (Phi) is 4.77. The van der Waals surface area contributed by atoms with Crippen molar-refractivity contribution in [2.45, 2.75) is 19.9 Å². The normalized spacial score (nSPS) is 11.2. The largest absolute Gasteiger partial charge is 0.395 e. The molecule has 0 atom stereocenters. The van der Waals surface area contributed by atoms with Gasteiger partial charge in [-0.2, -0.15) is 9.97 Å². The maximum absolute atomic E-state index is 9.29. The van der Waals surface area contributed by atoms with Crippen molar-refractivity contribution >= 4 is 40.2 Å². The molecule has 8 nitrogen and oxygen atoms in total. The lowest BCUT2D eigenvalue weighted by Gasteiger charge is -2.26. The van der Waals surface area contributed by atoms with E-state index >= 15 is 0 Å². The summed E-state index contributed by atoms with van der Waals surface area (Å²) in [6.45, 7) is 4.47. The van der Waals surface area contributed by atoms with E-state index in [2.05, 4.69) is 30.7 Å². The maximum atomic E-state index is 9.29. The summed E-state index contributed by atoms with van der Waals surface area (Å²) in [4.78, 5) is 10.9. The number of aliphatic hydroxyl groups is 1. The molecule has 0 saturated heterocycles. The van der Waals surface area contributed by atoms with Crippen molar-refractivity contribution in [2.24, 2.45) is 0 Å². The van der Waals surface area contributed by atoms with Crippen LogP contribution in [0.15, 0.2) is 24.3 Å². The van der Waals surface area contributed by atoms with Crippen LogP contribution in [0.3, 0.4) is 0 Å². The van der Waals surface area contributed by atoms with E-state index < -0.39 is 0 Å². The molecule has 0 amide bonds. The topological polar surface area (TPSA) is 103 Å². The molecule has 3 rings (SSSR count). The van der Waals surface area contributed by atoms with Gasteiger partial charge in [-0.05, 0) is 38.1 Å². The van der Waals surface area contributed by atoms with Crippen LogP contribution in [0.2, 0.25) is 5.02 Å². The quantitative estimate of drug-likeness (QED) is 0.628. The third-order valence-electron chi connectivity index (χ3n) is 3.51. The molecule has 0 aliphatic carbocycles. The summed E-state index contributed by atoms with van der Waals surface area (Å²) in [6.07, 6.45) is 0. The summed E-state index contributed by atoms with van der Waals surface area (Å²) >= 11 is 5.92. The average molecular weight is 348 g/mol. The van der Waals surface area contributed by atoms with Gasteiger partial charge in [0, 0.05) is 23.3 Å². The van der Waals surface area contributed by atoms with Crippen LogP contribution < -0.4 is 10.2 Å². The lowest BCUT2D eigenvalue weighted by atomic mass is 10.3. The van der Waals surface area contributed by atoms with Crippen LogP contribution in [0.4, 0.5) is 17.5 Å². The van der Waals surface area contributed by atoms with Crippen molar-refractivity contribution in [1.29, 1.82) is 0 Å². The molecule has 2 heterocycles. The number of fused-ring (bicyclic) bond motifs is 1. The number of aliphatic hydroxyl groups excluding tert-OH is 1. The fourth-order valence-electron chi connectivity index (χ4n) is 2.32. The lowest BCUT2D eigenvalue weighted by molar-refractivity contribution is 0.298. The van der Waals surface area contributed by atoms with E-state index in [4.69, 9.17) is 11.6 Å². The smallest absolute Gasteiger partial charge is 0.229 e. The van der Waals surface area contributed by atoms with Gasteiger partial charge in [-0.3, -0.25) is 5.10 Å². The highest BCUT2D eigenvalue weighted by Gasteiger charge is 2.18. The molecule has 0 radical (unpaired) electrons. The van der Waals surface area contributed by atoms with E-state index in [-0.39, 0.29) is 12.6 Å². The van der Waals surface area contributed by atoms with Crippen molar-refractivity contribution in [3.05, 3.63) is 29.3 Å². The predicted molar refractivity (Wildman–Crippen MR) is 93.8 cm³/mol. The minimum atomic E-state index is 0.0122. The molecule has 0 bridgehead atoms. The van der Waals surface area contributed by atoms with Crippen LogP contribution in [0.5, 0.6) is 0 Å². The Morgan fingerprint density at radius 1 is 1.25 bits per heavy atom. The Morgan fingerprint density at radius 2 is 2.00 bits per heavy atom. The fourth-order valence-corrected chi connectivity index (χ4v) is 2.45. The Hall–Kier alpha value is -2.45. The van der Waals surface area contributed by atoms with Gasteiger partial charge in [0.05, 0.1) is 6.61 Å². The van der Waals surface area contributed by atoms with Crippen LogP contribution in [0, 0.1) is 0 Å². The molecule has 3 N–H and O–H groups in total. The molecule has 126 valence electrons. The summed E-state index contributed by atoms with van der Waals surface area (Å²) in [5, 5.41) is 23.8. The van der Waals surface area contributed by atoms with Gasteiger partial charge < -0.3 is 15.3 Å². The number of anilines is 3. The maximum Gasteiger partial charge on any atom is 0.229 e. The summed E-state index contributed by atoms with van der Waals surface area (Å²) in [7, 11) is 0. The number of halogens is 1. The standard InChI is InChI=1S/C15H18ClN7O/c1-9(2)23(7-8-24)15-18-13(12-14(19-15)21-22-20-12)17-11-5-3-10(16)4-6-11/h3-6,9,24H,7-8H2,1-2H3,(H2,17,18,19,20,21,22). The third-order valence-corrected chi connectivity index (χ3v) is 3.76. The molecule has 9 heteroatoms. The zero-order valence-electron chi connectivity index (χ0n) is 13.4. The fraction of sp³-hybridized carbons (Fsp3) is 0.333. The zero-order chi connectivity index (χ0) is 17.1. The molecular formula is C15H18ClN7O. The molecule has 0 aliphatic heterocycles. The van der Waals surface area contributed by atoms with Crippen LogP contribution in [-0.2, 0) is 0 Å². The average Bonchev–Trinajstić information content (AvgIpc) is 3.03. The van der Waals surface area contributed by atoms with E-state index in [1.54, 1.807) is 12.1 Å². The minimum Gasteiger partial charge on any atom is -0.395 e. The predicted octanol–water partition coefficient (Wildman–Crippen LogP) is 2.35. The van der Waals surface area contributed by atoms with Crippen LogP contribution >= 0.6 is 11.6 Å². The molecule has 0 saturated carbocycles. The van der Waals surface area contributed by atoms with Crippen LogP contribution in [0.1, 0.15) is 13.8 Å². The van der Waals surface area contributed by atoms with Crippen molar-refractivity contribution in [3.63, 3.8) is 0 Å². The number of nitrogens with one attached hydrogen (secondary N) is 2. The third kappa shape index (κ3) is 3.39. The highest BCUT2D eigenvalue weighted by molar-refractivity contribution is 6.30. The first-order chi connectivity index (χ1) is 11.6. The second-order valence-corrected chi connectivity index (χ2v) is 5.96. The van der Waals surface area contributed by atoms with Gasteiger partial charge in [-0.25, -0.2) is 0 Å². The Labute approximate surface area is 143 Å². The Bertz CT molecular complexity index is 818. The molecule has 0 unspecified atom stereocenters. The lowest BCUT2D eigenvalue weighted by Crippen LogP contribution is -2.35. The summed E-state index contributed by atoms with van der Waals surface area (Å²) in [6, 6.07) is 7.42. The second kappa shape index (κ2) is 6.98. The van der Waals surface area contributed by atoms with Crippen LogP contribution in [0.25, 0.3) is 11.2 Å². The molecule has 24 heavy (non-hydrogen) atoms. The first-order valence-corrected chi connectivity index (χ1v) is 7.95. The molecule has 0 spiro atoms. The van der Waals surface area contributed by atoms with E-state index in [0.717, 1.165) is 5.69 Å². The van der Waals surface area contributed by atoms with Crippen LogP contribution in [-0.4, -0.2) is 49.7 Å². The van der Waals surface area contributed by atoms with Crippen molar-refractivity contribution < 1.29 is 5.11 Å². The van der Waals surface area contributed by atoms with Gasteiger partial charge in [-0.1, -0.05) is 16.8 Å². The first kappa shape index (κ1) is 16.4. The highest BCUT2D eigenvalue weighted by atomic mass is 35.5. The van der Waals surface area contributed by atoms with Gasteiger partial charge in [0.15, 0.2) is 5.82 Å². The van der Waals surface area contributed by atoms with E-state index in [0.29, 0.717) is 34.5 Å². The summed E-state index contributed by atoms with van der Waals surface area (Å²) in [5.74, 6) is 1.04. The summed E-state index contributed by atoms with van der Waals surface area (Å²) in [5.41, 5.74) is 1.90. The molecule has 3 aromatic rings. The van der Waals surface area contributed by atoms with Gasteiger partial charge >= 0.3 is 0 Å². The van der Waals surface area contributed by atoms with E-state index in [9.17, 15) is 5.11 Å². The number of rotatable bonds is 6. The molecule has 0 aliphatic rings. The van der Waals surface area contributed by atoms with Crippen molar-refractivity contribution in [1.82, 2.24) is 25.4 Å². The number of H-pyrrole nitrogens is 1. The number of hydrogen-bond acceptors (Lipinski definition) is 7. The highest BCUT2D eigenvalue weighted by Crippen LogP contribution is 2.25. The van der Waals surface area contributed by atoms with Crippen molar-refractivity contribution in [3.8, 4) is 0 Å². The monoisotopic (exact) mass is 347 g/mol. The van der Waals surface area contributed by atoms with Gasteiger partial charge in [0.25, 0.3) is 0 Å². The van der Waals surface area contributed by atoms with Gasteiger partial charge in [0.1, 0.15) is 5.52 Å². The van der Waals surface area contributed by atoms with Gasteiger partial charge in [-0.15, -0.1) is 5.10 Å². The SMILES string of the molecule is CC(C)N(CCO)c1nc(Nc2ccc(Cl)cc2)c2[nH]nnc2n1. The summed E-state index contributed by atoms with van der Waals surface area (Å²) < 4.78 is 0. The van der Waals surface area contributed by atoms with Crippen molar-refractivity contribution in [2.75, 3.05) is 23.4 Å². The number of aromatic amines is 1. The second-order valence-electron chi connectivity index (χ2n) is 5.53. The zero-order valence-corrected chi connectivity index (χ0v) is 14.1. The molecule has 1 aromatic carbocycles.